The van der Waals surface area contributed by atoms with Crippen LogP contribution >= 0.6 is 0 Å². The van der Waals surface area contributed by atoms with Crippen molar-refractivity contribution in [1.29, 1.82) is 0 Å². The molecule has 0 aromatic carbocycles. The Labute approximate surface area is 182 Å². The van der Waals surface area contributed by atoms with E-state index in [1.54, 1.807) is 4.74 Å². The van der Waals surface area contributed by atoms with Crippen LogP contribution in [-0.2, 0) is 23.7 Å². The molecule has 36 heavy (non-hydrogen) atoms. The fraction of sp³-hybridized carbons (Fsp3) is 0.917. The van der Waals surface area contributed by atoms with Gasteiger partial charge in [-0.05, 0) is 0 Å². The summed E-state index contributed by atoms with van der Waals surface area (Å²) in [7, 11) is 0. The number of esters is 1. The molecule has 1 saturated heterocycles. The molecule has 24 heteroatoms. The number of hydrogen-bond donors (Lipinski definition) is 0. The molecule has 0 N–H and O–H groups in total. The number of carbonyl (C=O) groups excluding carboxylic acids is 1. The summed E-state index contributed by atoms with van der Waals surface area (Å²) in [5.41, 5.74) is 0. The van der Waals surface area contributed by atoms with Crippen LogP contribution in [0.4, 0.5) is 83.4 Å². The lowest BCUT2D eigenvalue weighted by atomic mass is 10.2. The molecule has 2 atom stereocenters. The van der Waals surface area contributed by atoms with E-state index in [4.69, 9.17) is 0 Å². The summed E-state index contributed by atoms with van der Waals surface area (Å²) in [5, 5.41) is 0. The molecule has 5 nitrogen and oxygen atoms in total. The molecule has 0 aliphatic carbocycles. The van der Waals surface area contributed by atoms with Gasteiger partial charge in [-0.1, -0.05) is 0 Å². The van der Waals surface area contributed by atoms with Crippen LogP contribution in [0.15, 0.2) is 0 Å². The molecule has 0 aromatic heterocycles. The third kappa shape index (κ3) is 4.69. The summed E-state index contributed by atoms with van der Waals surface area (Å²) in [6.45, 7) is -1.01. The fourth-order valence-electron chi connectivity index (χ4n) is 1.83. The minimum absolute atomic E-state index is 1.01. The Balaban J connectivity index is 3.69. The molecule has 1 aliphatic heterocycles. The molecular weight excluding hydrogens is 585 g/mol. The maximum Gasteiger partial charge on any atom is 0.466 e. The maximum absolute atomic E-state index is 14.3. The zero-order valence-corrected chi connectivity index (χ0v) is 15.7. The topological polar surface area (TPSA) is 54.0 Å². The third-order valence-corrected chi connectivity index (χ3v) is 3.66. The van der Waals surface area contributed by atoms with E-state index < -0.39 is 73.2 Å². The molecule has 0 amide bonds. The van der Waals surface area contributed by atoms with Gasteiger partial charge in [0.2, 0.25) is 0 Å². The summed E-state index contributed by atoms with van der Waals surface area (Å²) < 4.78 is 256. The zero-order chi connectivity index (χ0) is 29.4. The third-order valence-electron chi connectivity index (χ3n) is 3.66. The van der Waals surface area contributed by atoms with Crippen LogP contribution in [0.25, 0.3) is 0 Å². The van der Waals surface area contributed by atoms with Crippen molar-refractivity contribution < 1.29 is 107 Å². The highest BCUT2D eigenvalue weighted by Crippen LogP contribution is 2.64. The lowest BCUT2D eigenvalue weighted by Crippen LogP contribution is -2.65. The van der Waals surface area contributed by atoms with Crippen LogP contribution in [0.1, 0.15) is 6.92 Å². The summed E-state index contributed by atoms with van der Waals surface area (Å²) >= 11 is 0. The summed E-state index contributed by atoms with van der Waals surface area (Å²) in [5.74, 6) is -32.6. The second-order valence-corrected chi connectivity index (χ2v) is 6.43. The van der Waals surface area contributed by atoms with E-state index in [9.17, 15) is 88.2 Å². The van der Waals surface area contributed by atoms with Gasteiger partial charge in [0.05, 0.1) is 0 Å². The normalized spacial score (nSPS) is 26.8. The maximum atomic E-state index is 14.3. The number of halogens is 19. The Hall–Kier alpha value is -1.98. The minimum atomic E-state index is -7.70. The van der Waals surface area contributed by atoms with Gasteiger partial charge in [0.25, 0.3) is 0 Å². The minimum Gasteiger partial charge on any atom is -0.392 e. The van der Waals surface area contributed by atoms with Gasteiger partial charge >= 0.3 is 66.2 Å². The van der Waals surface area contributed by atoms with Crippen molar-refractivity contribution in [2.45, 2.75) is 67.2 Å². The standard InChI is InChI=1S/C12H3F19O5/c1-3(13,14)9(24,25)36-11(28,29)5(17)10(26,27)35-6(34-5,8(21,22)23)12(30,31)33-2(32)4(15,16)7(18,19)20/h1H3. The van der Waals surface area contributed by atoms with Crippen molar-refractivity contribution in [3.63, 3.8) is 0 Å². The van der Waals surface area contributed by atoms with Gasteiger partial charge < -0.3 is 4.74 Å². The number of hydrogen-bond acceptors (Lipinski definition) is 5. The number of carbonyl (C=O) groups is 1. The van der Waals surface area contributed by atoms with E-state index in [0.717, 1.165) is 0 Å². The second kappa shape index (κ2) is 8.01. The predicted octanol–water partition coefficient (Wildman–Crippen LogP) is 5.74. The van der Waals surface area contributed by atoms with Crippen LogP contribution in [0.5, 0.6) is 0 Å². The van der Waals surface area contributed by atoms with Crippen molar-refractivity contribution in [3.05, 3.63) is 0 Å². The first-order chi connectivity index (χ1) is 15.2. The Bertz CT molecular complexity index is 856. The van der Waals surface area contributed by atoms with Crippen molar-refractivity contribution in [2.24, 2.45) is 0 Å². The fourth-order valence-corrected chi connectivity index (χ4v) is 1.83. The van der Waals surface area contributed by atoms with Crippen LogP contribution < -0.4 is 0 Å². The average Bonchev–Trinajstić information content (AvgIpc) is 2.80. The Morgan fingerprint density at radius 3 is 1.44 bits per heavy atom. The van der Waals surface area contributed by atoms with Crippen molar-refractivity contribution >= 4 is 5.97 Å². The van der Waals surface area contributed by atoms with E-state index in [2.05, 4.69) is 0 Å². The van der Waals surface area contributed by atoms with E-state index in [1.165, 1.54) is 0 Å². The lowest BCUT2D eigenvalue weighted by molar-refractivity contribution is -0.511. The summed E-state index contributed by atoms with van der Waals surface area (Å²) in [4.78, 5) is 10.7. The summed E-state index contributed by atoms with van der Waals surface area (Å²) in [6.07, 6.45) is -44.2. The Morgan fingerprint density at radius 1 is 0.694 bits per heavy atom. The Kier molecular flexibility index (Phi) is 7.13. The van der Waals surface area contributed by atoms with Crippen LogP contribution in [0.2, 0.25) is 0 Å². The van der Waals surface area contributed by atoms with Gasteiger partial charge in [-0.2, -0.15) is 83.4 Å². The van der Waals surface area contributed by atoms with Gasteiger partial charge in [-0.25, -0.2) is 9.53 Å². The molecule has 0 spiro atoms. The van der Waals surface area contributed by atoms with Gasteiger partial charge in [0.15, 0.2) is 0 Å². The lowest BCUT2D eigenvalue weighted by Gasteiger charge is -2.36. The molecule has 1 fully saturated rings. The molecule has 0 bridgehead atoms. The van der Waals surface area contributed by atoms with Crippen LogP contribution in [0, 0.1) is 0 Å². The van der Waals surface area contributed by atoms with Gasteiger partial charge in [0, 0.05) is 6.92 Å². The molecule has 1 heterocycles. The van der Waals surface area contributed by atoms with E-state index >= 15 is 0 Å². The SMILES string of the molecule is CC(F)(F)C(F)(F)OC(F)(F)C1(F)OC(C(F)(F)F)(C(F)(F)OC(=O)C(F)(F)C(F)(F)F)OC1(F)F. The molecule has 214 valence electrons. The van der Waals surface area contributed by atoms with E-state index in [1.807, 2.05) is 14.2 Å². The van der Waals surface area contributed by atoms with E-state index in [-0.39, 0.29) is 0 Å². The average molecular weight is 588 g/mol. The molecule has 2 unspecified atom stereocenters. The first kappa shape index (κ1) is 32.0. The number of rotatable bonds is 7. The number of ether oxygens (including phenoxy) is 4. The van der Waals surface area contributed by atoms with Gasteiger partial charge in [-0.15, -0.1) is 0 Å². The summed E-state index contributed by atoms with van der Waals surface area (Å²) in [6, 6.07) is 0. The predicted molar refractivity (Wildman–Crippen MR) is 63.4 cm³/mol. The number of alkyl halides is 19. The second-order valence-electron chi connectivity index (χ2n) is 6.43. The van der Waals surface area contributed by atoms with Crippen molar-refractivity contribution in [1.82, 2.24) is 0 Å². The molecule has 1 aliphatic rings. The highest BCUT2D eigenvalue weighted by molar-refractivity contribution is 5.79. The molecule has 1 rings (SSSR count). The zero-order valence-electron chi connectivity index (χ0n) is 15.7. The van der Waals surface area contributed by atoms with Crippen molar-refractivity contribution in [2.75, 3.05) is 0 Å². The van der Waals surface area contributed by atoms with E-state index in [0.29, 0.717) is 0 Å². The molecule has 0 radical (unpaired) electrons. The quantitative estimate of drug-likeness (QED) is 0.281. The molecule has 0 saturated carbocycles. The first-order valence-electron chi connectivity index (χ1n) is 7.68. The van der Waals surface area contributed by atoms with Crippen LogP contribution in [-0.4, -0.2) is 66.2 Å². The highest BCUT2D eigenvalue weighted by atomic mass is 19.4. The van der Waals surface area contributed by atoms with Gasteiger partial charge in [0.1, 0.15) is 0 Å². The molecule has 0 aromatic rings. The molecular formula is C12H3F19O5. The van der Waals surface area contributed by atoms with Gasteiger partial charge in [-0.3, -0.25) is 9.47 Å². The van der Waals surface area contributed by atoms with Crippen molar-refractivity contribution in [3.8, 4) is 0 Å². The first-order valence-corrected chi connectivity index (χ1v) is 7.68. The smallest absolute Gasteiger partial charge is 0.392 e. The monoisotopic (exact) mass is 588 g/mol. The highest BCUT2D eigenvalue weighted by Gasteiger charge is 2.94. The largest absolute Gasteiger partial charge is 0.466 e. The van der Waals surface area contributed by atoms with Crippen LogP contribution in [0.3, 0.4) is 0 Å². The Morgan fingerprint density at radius 2 is 1.11 bits per heavy atom.